The number of carboxylic acids is 1. The number of rotatable bonds is 6. The molecular weight excluding hydrogens is 324 g/mol. The van der Waals surface area contributed by atoms with Crippen LogP contribution in [0, 0.1) is 0 Å². The molecule has 116 valence electrons. The average molecular weight is 338 g/mol. The topological polar surface area (TPSA) is 68.5 Å². The second-order valence-corrected chi connectivity index (χ2v) is 5.35. The molecule has 1 aromatic heterocycles. The minimum absolute atomic E-state index is 0.292. The summed E-state index contributed by atoms with van der Waals surface area (Å²) in [4.78, 5) is 12.3. The summed E-state index contributed by atoms with van der Waals surface area (Å²) in [6.45, 7) is 0.479. The normalized spacial score (nSPS) is 10.2. The van der Waals surface area contributed by atoms with Gasteiger partial charge in [-0.05, 0) is 36.0 Å². The Morgan fingerprint density at radius 1 is 1.27 bits per heavy atom. The fourth-order valence-corrected chi connectivity index (χ4v) is 2.28. The Labute approximate surface area is 138 Å². The molecule has 0 bridgehead atoms. The Morgan fingerprint density at radius 3 is 2.68 bits per heavy atom. The van der Waals surface area contributed by atoms with Crippen LogP contribution < -0.4 is 10.4 Å². The Bertz CT molecular complexity index is 646. The maximum atomic E-state index is 10.6. The Kier molecular flexibility index (Phi) is 5.80. The third-order valence-electron chi connectivity index (χ3n) is 2.92. The van der Waals surface area contributed by atoms with Crippen LogP contribution in [0.2, 0.25) is 5.02 Å². The number of nitrogens with one attached hydrogen (secondary N) is 1. The number of furan rings is 1. The molecule has 2 rings (SSSR count). The highest BCUT2D eigenvalue weighted by atomic mass is 35.5. The van der Waals surface area contributed by atoms with Crippen molar-refractivity contribution in [3.63, 3.8) is 0 Å². The van der Waals surface area contributed by atoms with Gasteiger partial charge in [-0.2, -0.15) is 0 Å². The third kappa shape index (κ3) is 4.75. The number of hydrogen-bond donors (Lipinski definition) is 1. The van der Waals surface area contributed by atoms with Gasteiger partial charge in [-0.3, -0.25) is 0 Å². The summed E-state index contributed by atoms with van der Waals surface area (Å²) < 4.78 is 5.32. The molecule has 0 saturated carbocycles. The van der Waals surface area contributed by atoms with Crippen molar-refractivity contribution in [3.05, 3.63) is 59.0 Å². The lowest BCUT2D eigenvalue weighted by Crippen LogP contribution is -2.44. The van der Waals surface area contributed by atoms with Gasteiger partial charge in [-0.25, -0.2) is 0 Å². The van der Waals surface area contributed by atoms with E-state index in [1.807, 2.05) is 24.3 Å². The number of thiocarbonyl (C=S) groups is 1. The molecule has 2 aromatic rings. The van der Waals surface area contributed by atoms with E-state index >= 15 is 0 Å². The van der Waals surface area contributed by atoms with Crippen LogP contribution in [0.4, 0.5) is 0 Å². The van der Waals surface area contributed by atoms with Crippen molar-refractivity contribution in [3.8, 4) is 0 Å². The van der Waals surface area contributed by atoms with Crippen LogP contribution in [0.1, 0.15) is 11.3 Å². The maximum absolute atomic E-state index is 10.6. The highest BCUT2D eigenvalue weighted by molar-refractivity contribution is 7.80. The van der Waals surface area contributed by atoms with E-state index in [-0.39, 0.29) is 6.54 Å². The summed E-state index contributed by atoms with van der Waals surface area (Å²) in [5, 5.41) is 14.1. The standard InChI is InChI=1S/C15H15ClN2O3S/c16-13-6-2-1-4-11(13)9-18(10-12-5-3-7-21-12)15(22)17-8-14(19)20/h1-7H,8-10H2,(H,17,22)(H,19,20)/p-1. The van der Waals surface area contributed by atoms with E-state index in [0.29, 0.717) is 29.0 Å². The van der Waals surface area contributed by atoms with Gasteiger partial charge < -0.3 is 24.5 Å². The molecule has 0 saturated heterocycles. The Morgan fingerprint density at radius 2 is 2.05 bits per heavy atom. The van der Waals surface area contributed by atoms with Crippen molar-refractivity contribution in [2.24, 2.45) is 0 Å². The zero-order valence-electron chi connectivity index (χ0n) is 11.6. The lowest BCUT2D eigenvalue weighted by molar-refractivity contribution is -0.303. The Hall–Kier alpha value is -2.05. The van der Waals surface area contributed by atoms with Gasteiger partial charge in [0.2, 0.25) is 0 Å². The van der Waals surface area contributed by atoms with Crippen molar-refractivity contribution in [2.45, 2.75) is 13.1 Å². The van der Waals surface area contributed by atoms with Crippen LogP contribution >= 0.6 is 23.8 Å². The number of carboxylic acid groups (broad SMARTS) is 1. The summed E-state index contributed by atoms with van der Waals surface area (Å²) in [6.07, 6.45) is 1.57. The van der Waals surface area contributed by atoms with E-state index in [1.54, 1.807) is 23.3 Å². The van der Waals surface area contributed by atoms with E-state index in [2.05, 4.69) is 5.32 Å². The first-order valence-electron chi connectivity index (χ1n) is 6.54. The molecule has 0 aliphatic carbocycles. The third-order valence-corrected chi connectivity index (χ3v) is 3.69. The average Bonchev–Trinajstić information content (AvgIpc) is 2.99. The van der Waals surface area contributed by atoms with Gasteiger partial charge in [0, 0.05) is 11.6 Å². The van der Waals surface area contributed by atoms with Crippen LogP contribution in [-0.4, -0.2) is 22.5 Å². The van der Waals surface area contributed by atoms with Crippen molar-refractivity contribution in [2.75, 3.05) is 6.54 Å². The van der Waals surface area contributed by atoms with Crippen molar-refractivity contribution in [1.29, 1.82) is 0 Å². The zero-order valence-corrected chi connectivity index (χ0v) is 13.2. The predicted molar refractivity (Wildman–Crippen MR) is 85.0 cm³/mol. The number of carbonyl (C=O) groups excluding carboxylic acids is 1. The first kappa shape index (κ1) is 16.3. The molecule has 0 aliphatic rings. The fourth-order valence-electron chi connectivity index (χ4n) is 1.88. The van der Waals surface area contributed by atoms with E-state index < -0.39 is 5.97 Å². The summed E-state index contributed by atoms with van der Waals surface area (Å²) in [5.41, 5.74) is 0.883. The SMILES string of the molecule is O=C([O-])CNC(=S)N(Cc1ccco1)Cc1ccccc1Cl. The molecule has 1 N–H and O–H groups in total. The molecule has 0 unspecified atom stereocenters. The molecule has 0 amide bonds. The highest BCUT2D eigenvalue weighted by Gasteiger charge is 2.14. The number of nitrogens with zero attached hydrogens (tertiary/aromatic N) is 1. The number of carbonyl (C=O) groups is 1. The first-order valence-corrected chi connectivity index (χ1v) is 7.33. The van der Waals surface area contributed by atoms with Gasteiger partial charge in [-0.15, -0.1) is 0 Å². The summed E-state index contributed by atoms with van der Waals surface area (Å²) in [7, 11) is 0. The van der Waals surface area contributed by atoms with Crippen LogP contribution in [0.25, 0.3) is 0 Å². The number of aliphatic carboxylic acids is 1. The summed E-state index contributed by atoms with van der Waals surface area (Å²) in [5.74, 6) is -0.511. The molecule has 0 aliphatic heterocycles. The largest absolute Gasteiger partial charge is 0.548 e. The molecule has 22 heavy (non-hydrogen) atoms. The van der Waals surface area contributed by atoms with Crippen molar-refractivity contribution >= 4 is 34.9 Å². The predicted octanol–water partition coefficient (Wildman–Crippen LogP) is 1.56. The fraction of sp³-hybridized carbons (Fsp3) is 0.200. The van der Waals surface area contributed by atoms with Gasteiger partial charge in [0.15, 0.2) is 5.11 Å². The van der Waals surface area contributed by atoms with E-state index in [0.717, 1.165) is 5.56 Å². The first-order chi connectivity index (χ1) is 10.6. The van der Waals surface area contributed by atoms with Crippen molar-refractivity contribution < 1.29 is 14.3 Å². The molecule has 1 aromatic carbocycles. The lowest BCUT2D eigenvalue weighted by Gasteiger charge is -2.25. The molecular formula is C15H14ClN2O3S-. The Balaban J connectivity index is 2.12. The molecule has 1 heterocycles. The summed E-state index contributed by atoms with van der Waals surface area (Å²) in [6, 6.07) is 11.0. The van der Waals surface area contributed by atoms with Gasteiger partial charge in [0.25, 0.3) is 0 Å². The minimum atomic E-state index is -1.22. The number of benzene rings is 1. The monoisotopic (exact) mass is 337 g/mol. The van der Waals surface area contributed by atoms with Gasteiger partial charge >= 0.3 is 0 Å². The molecule has 7 heteroatoms. The smallest absolute Gasteiger partial charge is 0.169 e. The second kappa shape index (κ2) is 7.82. The highest BCUT2D eigenvalue weighted by Crippen LogP contribution is 2.18. The molecule has 0 atom stereocenters. The molecule has 0 spiro atoms. The minimum Gasteiger partial charge on any atom is -0.548 e. The quantitative estimate of drug-likeness (QED) is 0.807. The van der Waals surface area contributed by atoms with Crippen LogP contribution in [0.15, 0.2) is 47.1 Å². The molecule has 0 radical (unpaired) electrons. The van der Waals surface area contributed by atoms with Crippen molar-refractivity contribution in [1.82, 2.24) is 10.2 Å². The van der Waals surface area contributed by atoms with E-state index in [1.165, 1.54) is 0 Å². The van der Waals surface area contributed by atoms with Gasteiger partial charge in [-0.1, -0.05) is 29.8 Å². The number of hydrogen-bond acceptors (Lipinski definition) is 4. The van der Waals surface area contributed by atoms with Crippen LogP contribution in [-0.2, 0) is 17.9 Å². The van der Waals surface area contributed by atoms with Gasteiger partial charge in [0.05, 0.1) is 25.3 Å². The molecule has 0 fully saturated rings. The molecule has 5 nitrogen and oxygen atoms in total. The van der Waals surface area contributed by atoms with Crippen LogP contribution in [0.3, 0.4) is 0 Å². The second-order valence-electron chi connectivity index (χ2n) is 4.56. The lowest BCUT2D eigenvalue weighted by atomic mass is 10.2. The van der Waals surface area contributed by atoms with Crippen LogP contribution in [0.5, 0.6) is 0 Å². The van der Waals surface area contributed by atoms with E-state index in [9.17, 15) is 9.90 Å². The summed E-state index contributed by atoms with van der Waals surface area (Å²) >= 11 is 11.4. The van der Waals surface area contributed by atoms with E-state index in [4.69, 9.17) is 28.2 Å². The maximum Gasteiger partial charge on any atom is 0.169 e. The number of halogens is 1. The zero-order chi connectivity index (χ0) is 15.9. The van der Waals surface area contributed by atoms with Gasteiger partial charge in [0.1, 0.15) is 5.76 Å².